The molecule has 2 heterocycles. The van der Waals surface area contributed by atoms with Crippen molar-refractivity contribution in [2.24, 2.45) is 5.73 Å². The number of nitrogens with two attached hydrogens (primary N) is 1. The van der Waals surface area contributed by atoms with Crippen molar-refractivity contribution in [3.05, 3.63) is 41.6 Å². The van der Waals surface area contributed by atoms with E-state index in [0.29, 0.717) is 11.3 Å². The quantitative estimate of drug-likeness (QED) is 0.452. The molecule has 2 aromatic heterocycles. The average Bonchev–Trinajstić information content (AvgIpc) is 3.04. The number of aliphatic hydroxyl groups is 1. The Balaban J connectivity index is 1.73. The van der Waals surface area contributed by atoms with E-state index >= 15 is 0 Å². The molecule has 1 aliphatic carbocycles. The molecule has 142 valence electrons. The van der Waals surface area contributed by atoms with Crippen LogP contribution in [0.4, 0.5) is 0 Å². The number of nitrogens with zero attached hydrogens (tertiary/aromatic N) is 2. The van der Waals surface area contributed by atoms with Gasteiger partial charge in [0.05, 0.1) is 5.69 Å². The van der Waals surface area contributed by atoms with Crippen molar-refractivity contribution in [2.75, 3.05) is 0 Å². The molecule has 1 aromatic carbocycles. The molecule has 0 spiro atoms. The Morgan fingerprint density at radius 2 is 1.96 bits per heavy atom. The highest BCUT2D eigenvalue weighted by Crippen LogP contribution is 2.30. The SMILES string of the molecule is Cc1[nH]nc2nc(-c3ccc(O)cc3)cc(C(O)NC3CCCCC3N)c12. The number of rotatable bonds is 4. The van der Waals surface area contributed by atoms with Crippen molar-refractivity contribution in [1.29, 1.82) is 0 Å². The van der Waals surface area contributed by atoms with E-state index in [1.54, 1.807) is 24.3 Å². The van der Waals surface area contributed by atoms with Gasteiger partial charge in [-0.1, -0.05) is 12.8 Å². The second-order valence-electron chi connectivity index (χ2n) is 7.31. The summed E-state index contributed by atoms with van der Waals surface area (Å²) in [5.41, 5.74) is 9.92. The molecule has 7 heteroatoms. The van der Waals surface area contributed by atoms with Crippen molar-refractivity contribution in [3.63, 3.8) is 0 Å². The van der Waals surface area contributed by atoms with Crippen molar-refractivity contribution < 1.29 is 10.2 Å². The lowest BCUT2D eigenvalue weighted by molar-refractivity contribution is 0.109. The number of phenolic OH excluding ortho intramolecular Hbond substituents is 1. The maximum Gasteiger partial charge on any atom is 0.182 e. The van der Waals surface area contributed by atoms with E-state index in [1.165, 1.54) is 0 Å². The van der Waals surface area contributed by atoms with Crippen LogP contribution in [-0.2, 0) is 0 Å². The van der Waals surface area contributed by atoms with Crippen LogP contribution in [0.2, 0.25) is 0 Å². The number of fused-ring (bicyclic) bond motifs is 1. The van der Waals surface area contributed by atoms with Crippen molar-refractivity contribution in [2.45, 2.75) is 50.9 Å². The van der Waals surface area contributed by atoms with Crippen LogP contribution in [0.25, 0.3) is 22.3 Å². The molecule has 3 aromatic rings. The molecule has 6 N–H and O–H groups in total. The molecule has 27 heavy (non-hydrogen) atoms. The van der Waals surface area contributed by atoms with Crippen LogP contribution in [0.5, 0.6) is 5.75 Å². The maximum absolute atomic E-state index is 11.0. The summed E-state index contributed by atoms with van der Waals surface area (Å²) >= 11 is 0. The molecule has 7 nitrogen and oxygen atoms in total. The highest BCUT2D eigenvalue weighted by atomic mass is 16.3. The summed E-state index contributed by atoms with van der Waals surface area (Å²) in [5.74, 6) is 0.198. The summed E-state index contributed by atoms with van der Waals surface area (Å²) in [7, 11) is 0. The third kappa shape index (κ3) is 3.53. The van der Waals surface area contributed by atoms with E-state index in [-0.39, 0.29) is 17.8 Å². The molecule has 1 saturated carbocycles. The molecule has 3 atom stereocenters. The monoisotopic (exact) mass is 367 g/mol. The number of phenols is 1. The molecule has 0 amide bonds. The first-order valence-corrected chi connectivity index (χ1v) is 9.37. The highest BCUT2D eigenvalue weighted by Gasteiger charge is 2.26. The predicted molar refractivity (Wildman–Crippen MR) is 104 cm³/mol. The number of hydrogen-bond acceptors (Lipinski definition) is 6. The van der Waals surface area contributed by atoms with Crippen LogP contribution in [0, 0.1) is 6.92 Å². The van der Waals surface area contributed by atoms with Gasteiger partial charge in [0.1, 0.15) is 12.0 Å². The van der Waals surface area contributed by atoms with Crippen LogP contribution in [0.15, 0.2) is 30.3 Å². The van der Waals surface area contributed by atoms with Crippen LogP contribution in [0.3, 0.4) is 0 Å². The fourth-order valence-corrected chi connectivity index (χ4v) is 3.86. The molecule has 0 radical (unpaired) electrons. The Bertz CT molecular complexity index is 937. The number of benzene rings is 1. The standard InChI is InChI=1S/C20H25N5O2/c1-11-18-14(20(27)23-16-5-3-2-4-15(16)21)10-17(22-19(18)25-24-11)12-6-8-13(26)9-7-12/h6-10,15-16,20,23,26-27H,2-5,21H2,1H3,(H,22,24,25). The highest BCUT2D eigenvalue weighted by molar-refractivity contribution is 5.85. The topological polar surface area (TPSA) is 120 Å². The molecule has 0 bridgehead atoms. The molecule has 1 fully saturated rings. The number of nitrogens with one attached hydrogen (secondary N) is 2. The van der Waals surface area contributed by atoms with Gasteiger partial charge in [-0.15, -0.1) is 0 Å². The van der Waals surface area contributed by atoms with Gasteiger partial charge in [-0.3, -0.25) is 10.4 Å². The molecule has 0 saturated heterocycles. The van der Waals surface area contributed by atoms with Gasteiger partial charge in [0.15, 0.2) is 5.65 Å². The van der Waals surface area contributed by atoms with Gasteiger partial charge in [-0.25, -0.2) is 4.98 Å². The summed E-state index contributed by atoms with van der Waals surface area (Å²) < 4.78 is 0. The second kappa shape index (κ2) is 7.26. The van der Waals surface area contributed by atoms with Crippen molar-refractivity contribution >= 4 is 11.0 Å². The Morgan fingerprint density at radius 1 is 1.22 bits per heavy atom. The lowest BCUT2D eigenvalue weighted by atomic mass is 9.90. The van der Waals surface area contributed by atoms with E-state index < -0.39 is 6.23 Å². The van der Waals surface area contributed by atoms with E-state index in [4.69, 9.17) is 5.73 Å². The molecule has 0 aliphatic heterocycles. The number of aromatic nitrogens is 3. The minimum Gasteiger partial charge on any atom is -0.508 e. The zero-order valence-corrected chi connectivity index (χ0v) is 15.3. The number of H-pyrrole nitrogens is 1. The fraction of sp³-hybridized carbons (Fsp3) is 0.400. The molecule has 3 unspecified atom stereocenters. The number of aryl methyl sites for hydroxylation is 1. The van der Waals surface area contributed by atoms with E-state index in [9.17, 15) is 10.2 Å². The molecular formula is C20H25N5O2. The van der Waals surface area contributed by atoms with Crippen molar-refractivity contribution in [1.82, 2.24) is 20.5 Å². The lowest BCUT2D eigenvalue weighted by Crippen LogP contribution is -2.48. The van der Waals surface area contributed by atoms with Gasteiger partial charge in [-0.2, -0.15) is 5.10 Å². The Morgan fingerprint density at radius 3 is 2.70 bits per heavy atom. The normalized spacial score (nSPS) is 21.4. The van der Waals surface area contributed by atoms with Crippen LogP contribution in [0.1, 0.15) is 43.2 Å². The van der Waals surface area contributed by atoms with Crippen molar-refractivity contribution in [3.8, 4) is 17.0 Å². The average molecular weight is 367 g/mol. The van der Waals surface area contributed by atoms with E-state index in [0.717, 1.165) is 47.9 Å². The van der Waals surface area contributed by atoms with Gasteiger partial charge in [0, 0.05) is 34.3 Å². The van der Waals surface area contributed by atoms with E-state index in [1.807, 2.05) is 13.0 Å². The first-order chi connectivity index (χ1) is 13.0. The van der Waals surface area contributed by atoms with Crippen LogP contribution in [-0.4, -0.2) is 37.5 Å². The van der Waals surface area contributed by atoms with Crippen LogP contribution >= 0.6 is 0 Å². The number of aromatic amines is 1. The van der Waals surface area contributed by atoms with E-state index in [2.05, 4.69) is 20.5 Å². The molecule has 4 rings (SSSR count). The maximum atomic E-state index is 11.0. The summed E-state index contributed by atoms with van der Waals surface area (Å²) in [6.07, 6.45) is 3.33. The van der Waals surface area contributed by atoms with Gasteiger partial charge in [-0.05, 0) is 50.1 Å². The lowest BCUT2D eigenvalue weighted by Gasteiger charge is -2.31. The zero-order chi connectivity index (χ0) is 19.0. The predicted octanol–water partition coefficient (Wildman–Crippen LogP) is 2.49. The number of aliphatic hydroxyl groups excluding tert-OH is 1. The summed E-state index contributed by atoms with van der Waals surface area (Å²) in [4.78, 5) is 4.61. The minimum atomic E-state index is -0.864. The molecule has 1 aliphatic rings. The third-order valence-electron chi connectivity index (χ3n) is 5.38. The summed E-state index contributed by atoms with van der Waals surface area (Å²) in [5, 5.41) is 31.9. The summed E-state index contributed by atoms with van der Waals surface area (Å²) in [6.45, 7) is 1.92. The number of hydrogen-bond donors (Lipinski definition) is 5. The Labute approximate surface area is 157 Å². The smallest absolute Gasteiger partial charge is 0.182 e. The minimum absolute atomic E-state index is 0.0488. The Kier molecular flexibility index (Phi) is 4.82. The van der Waals surface area contributed by atoms with Gasteiger partial charge < -0.3 is 15.9 Å². The summed E-state index contributed by atoms with van der Waals surface area (Å²) in [6, 6.07) is 8.84. The first-order valence-electron chi connectivity index (χ1n) is 9.37. The fourth-order valence-electron chi connectivity index (χ4n) is 3.86. The zero-order valence-electron chi connectivity index (χ0n) is 15.3. The molecular weight excluding hydrogens is 342 g/mol. The largest absolute Gasteiger partial charge is 0.508 e. The first kappa shape index (κ1) is 17.9. The number of pyridine rings is 1. The van der Waals surface area contributed by atoms with Gasteiger partial charge in [0.25, 0.3) is 0 Å². The number of aromatic hydroxyl groups is 1. The van der Waals surface area contributed by atoms with Gasteiger partial charge in [0.2, 0.25) is 0 Å². The second-order valence-corrected chi connectivity index (χ2v) is 7.31. The van der Waals surface area contributed by atoms with Crippen LogP contribution < -0.4 is 11.1 Å². The third-order valence-corrected chi connectivity index (χ3v) is 5.38. The Hall–Kier alpha value is -2.48. The van der Waals surface area contributed by atoms with Gasteiger partial charge >= 0.3 is 0 Å².